The highest BCUT2D eigenvalue weighted by Crippen LogP contribution is 2.31. The molecule has 0 radical (unpaired) electrons. The molecule has 122 valence electrons. The molecule has 1 aliphatic carbocycles. The molecule has 0 bridgehead atoms. The number of imidazole rings is 1. The first-order valence-corrected chi connectivity index (χ1v) is 8.35. The number of anilines is 1. The first kappa shape index (κ1) is 14.4. The molecule has 1 fully saturated rings. The molecule has 2 aromatic rings. The summed E-state index contributed by atoms with van der Waals surface area (Å²) >= 11 is 0. The number of carbonyl (C=O) groups excluding carboxylic acids is 1. The minimum atomic E-state index is 0.0183. The Labute approximate surface area is 135 Å². The highest BCUT2D eigenvalue weighted by atomic mass is 16.2. The molecule has 3 heterocycles. The molecule has 2 aromatic heterocycles. The van der Waals surface area contributed by atoms with E-state index in [1.807, 2.05) is 23.1 Å². The van der Waals surface area contributed by atoms with Gasteiger partial charge >= 0.3 is 0 Å². The SMILES string of the molecule is O=C(CN1CCn2ccnc2C1)Nc1ccnn1C1CCCC1. The summed E-state index contributed by atoms with van der Waals surface area (Å²) in [5.41, 5.74) is 0. The van der Waals surface area contributed by atoms with Gasteiger partial charge in [-0.15, -0.1) is 0 Å². The van der Waals surface area contributed by atoms with E-state index >= 15 is 0 Å². The van der Waals surface area contributed by atoms with Gasteiger partial charge in [-0.05, 0) is 12.8 Å². The Kier molecular flexibility index (Phi) is 3.87. The topological polar surface area (TPSA) is 68.0 Å². The molecule has 7 heteroatoms. The van der Waals surface area contributed by atoms with Gasteiger partial charge < -0.3 is 9.88 Å². The molecule has 0 spiro atoms. The molecule has 1 N–H and O–H groups in total. The van der Waals surface area contributed by atoms with Crippen molar-refractivity contribution in [3.8, 4) is 0 Å². The maximum Gasteiger partial charge on any atom is 0.239 e. The fraction of sp³-hybridized carbons (Fsp3) is 0.562. The second kappa shape index (κ2) is 6.16. The van der Waals surface area contributed by atoms with Crippen LogP contribution in [0.4, 0.5) is 5.82 Å². The van der Waals surface area contributed by atoms with Crippen molar-refractivity contribution >= 4 is 11.7 Å². The van der Waals surface area contributed by atoms with Crippen molar-refractivity contribution in [3.63, 3.8) is 0 Å². The Balaban J connectivity index is 1.37. The van der Waals surface area contributed by atoms with E-state index in [0.29, 0.717) is 12.6 Å². The van der Waals surface area contributed by atoms with Crippen LogP contribution in [0.1, 0.15) is 37.5 Å². The fourth-order valence-corrected chi connectivity index (χ4v) is 3.60. The van der Waals surface area contributed by atoms with Crippen molar-refractivity contribution in [2.45, 2.75) is 44.8 Å². The summed E-state index contributed by atoms with van der Waals surface area (Å²) < 4.78 is 4.12. The van der Waals surface area contributed by atoms with Crippen LogP contribution in [0.5, 0.6) is 0 Å². The Bertz CT molecular complexity index is 684. The van der Waals surface area contributed by atoms with Crippen molar-refractivity contribution in [1.82, 2.24) is 24.2 Å². The summed E-state index contributed by atoms with van der Waals surface area (Å²) in [6.45, 7) is 2.88. The van der Waals surface area contributed by atoms with Crippen LogP contribution >= 0.6 is 0 Å². The normalized spacial score (nSPS) is 19.0. The maximum atomic E-state index is 12.4. The summed E-state index contributed by atoms with van der Waals surface area (Å²) in [7, 11) is 0. The number of fused-ring (bicyclic) bond motifs is 1. The molecular formula is C16H22N6O. The van der Waals surface area contributed by atoms with Gasteiger partial charge in [0.15, 0.2) is 0 Å². The second-order valence-corrected chi connectivity index (χ2v) is 6.39. The van der Waals surface area contributed by atoms with Crippen LogP contribution in [0.15, 0.2) is 24.7 Å². The molecule has 0 unspecified atom stereocenters. The molecule has 1 amide bonds. The molecule has 0 saturated heterocycles. The van der Waals surface area contributed by atoms with E-state index in [9.17, 15) is 4.79 Å². The minimum Gasteiger partial charge on any atom is -0.333 e. The van der Waals surface area contributed by atoms with E-state index < -0.39 is 0 Å². The fourth-order valence-electron chi connectivity index (χ4n) is 3.60. The molecule has 0 atom stereocenters. The van der Waals surface area contributed by atoms with Crippen LogP contribution in [0, 0.1) is 0 Å². The van der Waals surface area contributed by atoms with Gasteiger partial charge in [-0.2, -0.15) is 5.10 Å². The Morgan fingerprint density at radius 2 is 2.13 bits per heavy atom. The maximum absolute atomic E-state index is 12.4. The van der Waals surface area contributed by atoms with Gasteiger partial charge in [0.25, 0.3) is 0 Å². The van der Waals surface area contributed by atoms with Gasteiger partial charge in [0.2, 0.25) is 5.91 Å². The average molecular weight is 314 g/mol. The van der Waals surface area contributed by atoms with Crippen molar-refractivity contribution in [1.29, 1.82) is 0 Å². The lowest BCUT2D eigenvalue weighted by molar-refractivity contribution is -0.117. The lowest BCUT2D eigenvalue weighted by Gasteiger charge is -2.27. The van der Waals surface area contributed by atoms with Gasteiger partial charge in [0.05, 0.1) is 25.3 Å². The molecule has 2 aliphatic rings. The van der Waals surface area contributed by atoms with Crippen molar-refractivity contribution in [2.24, 2.45) is 0 Å². The first-order valence-electron chi connectivity index (χ1n) is 8.35. The van der Waals surface area contributed by atoms with Gasteiger partial charge in [0.1, 0.15) is 11.6 Å². The summed E-state index contributed by atoms with van der Waals surface area (Å²) in [5, 5.41) is 7.42. The quantitative estimate of drug-likeness (QED) is 0.932. The lowest BCUT2D eigenvalue weighted by atomic mass is 10.2. The zero-order chi connectivity index (χ0) is 15.6. The summed E-state index contributed by atoms with van der Waals surface area (Å²) in [5.74, 6) is 1.87. The Morgan fingerprint density at radius 1 is 1.26 bits per heavy atom. The van der Waals surface area contributed by atoms with Crippen molar-refractivity contribution in [2.75, 3.05) is 18.4 Å². The van der Waals surface area contributed by atoms with E-state index in [-0.39, 0.29) is 5.91 Å². The molecule has 23 heavy (non-hydrogen) atoms. The zero-order valence-electron chi connectivity index (χ0n) is 13.2. The van der Waals surface area contributed by atoms with Crippen LogP contribution in [-0.4, -0.2) is 43.2 Å². The first-order chi connectivity index (χ1) is 11.3. The highest BCUT2D eigenvalue weighted by molar-refractivity contribution is 5.91. The number of hydrogen-bond acceptors (Lipinski definition) is 4. The largest absolute Gasteiger partial charge is 0.333 e. The van der Waals surface area contributed by atoms with Crippen molar-refractivity contribution < 1.29 is 4.79 Å². The highest BCUT2D eigenvalue weighted by Gasteiger charge is 2.22. The van der Waals surface area contributed by atoms with Crippen LogP contribution in [0.3, 0.4) is 0 Å². The van der Waals surface area contributed by atoms with E-state index in [1.165, 1.54) is 12.8 Å². The minimum absolute atomic E-state index is 0.0183. The standard InChI is InChI=1S/C16H22N6O/c23-16(12-20-9-10-21-8-7-17-15(21)11-20)19-14-5-6-18-22(14)13-3-1-2-4-13/h5-8,13H,1-4,9-12H2,(H,19,23). The summed E-state index contributed by atoms with van der Waals surface area (Å²) in [4.78, 5) is 18.8. The Morgan fingerprint density at radius 3 is 3.00 bits per heavy atom. The molecule has 0 aromatic carbocycles. The van der Waals surface area contributed by atoms with E-state index in [2.05, 4.69) is 24.9 Å². The van der Waals surface area contributed by atoms with E-state index in [1.54, 1.807) is 6.20 Å². The number of nitrogens with zero attached hydrogens (tertiary/aromatic N) is 5. The smallest absolute Gasteiger partial charge is 0.239 e. The van der Waals surface area contributed by atoms with Crippen LogP contribution < -0.4 is 5.32 Å². The van der Waals surface area contributed by atoms with Gasteiger partial charge in [-0.1, -0.05) is 12.8 Å². The number of carbonyl (C=O) groups is 1. The number of amides is 1. The van der Waals surface area contributed by atoms with Gasteiger partial charge in [0, 0.05) is 31.5 Å². The van der Waals surface area contributed by atoms with Crippen molar-refractivity contribution in [3.05, 3.63) is 30.5 Å². The number of nitrogens with one attached hydrogen (secondary N) is 1. The number of rotatable bonds is 4. The summed E-state index contributed by atoms with van der Waals surface area (Å²) in [6, 6.07) is 2.32. The third kappa shape index (κ3) is 3.01. The third-order valence-electron chi connectivity index (χ3n) is 4.80. The predicted molar refractivity (Wildman–Crippen MR) is 85.9 cm³/mol. The average Bonchev–Trinajstić information content (AvgIpc) is 3.27. The number of hydrogen-bond donors (Lipinski definition) is 1. The van der Waals surface area contributed by atoms with E-state index in [4.69, 9.17) is 0 Å². The summed E-state index contributed by atoms with van der Waals surface area (Å²) in [6.07, 6.45) is 10.4. The Hall–Kier alpha value is -2.15. The van der Waals surface area contributed by atoms with Crippen LogP contribution in [0.2, 0.25) is 0 Å². The monoisotopic (exact) mass is 314 g/mol. The zero-order valence-corrected chi connectivity index (χ0v) is 13.2. The second-order valence-electron chi connectivity index (χ2n) is 6.39. The molecule has 7 nitrogen and oxygen atoms in total. The lowest BCUT2D eigenvalue weighted by Crippen LogP contribution is -2.39. The van der Waals surface area contributed by atoms with Gasteiger partial charge in [-0.3, -0.25) is 9.69 Å². The molecular weight excluding hydrogens is 292 g/mol. The van der Waals surface area contributed by atoms with E-state index in [0.717, 1.165) is 44.1 Å². The molecule has 1 aliphatic heterocycles. The molecule has 4 rings (SSSR count). The third-order valence-corrected chi connectivity index (χ3v) is 4.80. The van der Waals surface area contributed by atoms with Crippen LogP contribution in [-0.2, 0) is 17.9 Å². The number of aromatic nitrogens is 4. The van der Waals surface area contributed by atoms with Crippen LogP contribution in [0.25, 0.3) is 0 Å². The molecule has 1 saturated carbocycles. The predicted octanol–water partition coefficient (Wildman–Crippen LogP) is 1.65. The van der Waals surface area contributed by atoms with Gasteiger partial charge in [-0.25, -0.2) is 9.67 Å².